The molecule has 0 bridgehead atoms. The van der Waals surface area contributed by atoms with E-state index in [4.69, 9.17) is 34.3 Å². The Morgan fingerprint density at radius 1 is 0.495 bits per heavy atom. The van der Waals surface area contributed by atoms with Crippen molar-refractivity contribution in [3.8, 4) is 50.8 Å². The molecule has 0 radical (unpaired) electrons. The van der Waals surface area contributed by atoms with E-state index in [0.29, 0.717) is 12.3 Å². The summed E-state index contributed by atoms with van der Waals surface area (Å²) in [6.45, 7) is 38.8. The summed E-state index contributed by atoms with van der Waals surface area (Å²) in [4.78, 5) is 33.4. The molecule has 1 fully saturated rings. The molecule has 97 heavy (non-hydrogen) atoms. The molecule has 1 unspecified atom stereocenters. The molecule has 6 aliphatic rings. The van der Waals surface area contributed by atoms with Crippen LogP contribution in [0.25, 0.3) is 60.5 Å². The van der Waals surface area contributed by atoms with E-state index in [0.717, 1.165) is 102 Å². The van der Waals surface area contributed by atoms with E-state index in [1.165, 1.54) is 46.6 Å². The Labute approximate surface area is 575 Å². The fourth-order valence-electron chi connectivity index (χ4n) is 18.3. The Balaban J connectivity index is 0.000000144. The number of carbonyl (C=O) groups excluding carboxylic acids is 2. The van der Waals surface area contributed by atoms with Crippen LogP contribution in [0.1, 0.15) is 163 Å². The molecule has 0 aliphatic heterocycles. The fraction of sp³-hybridized carbons (Fsp3) is 0.365. The van der Waals surface area contributed by atoms with Crippen molar-refractivity contribution >= 4 is 11.6 Å². The predicted molar refractivity (Wildman–Crippen MR) is 390 cm³/mol. The van der Waals surface area contributed by atoms with E-state index in [2.05, 4.69) is 192 Å². The highest BCUT2D eigenvalue weighted by Crippen LogP contribution is 2.60. The molecule has 7 atom stereocenters. The Kier molecular flexibility index (Phi) is 18.2. The fourth-order valence-corrected chi connectivity index (χ4v) is 18.3. The minimum Gasteiger partial charge on any atom is -0.361 e. The Morgan fingerprint density at radius 3 is 1.28 bits per heavy atom. The highest BCUT2D eigenvalue weighted by molar-refractivity contribution is 6.03. The average molecular weight is 1290 g/mol. The van der Waals surface area contributed by atoms with Crippen molar-refractivity contribution in [2.24, 2.45) is 28.6 Å². The first-order valence-electron chi connectivity index (χ1n) is 34.9. The summed E-state index contributed by atoms with van der Waals surface area (Å²) in [5.74, 6) is 1.85. The lowest BCUT2D eigenvalue weighted by molar-refractivity contribution is -0.137. The number of aromatic nitrogens is 7. The van der Waals surface area contributed by atoms with Gasteiger partial charge in [0.15, 0.2) is 5.78 Å². The number of para-hydroxylation sites is 3. The van der Waals surface area contributed by atoms with Gasteiger partial charge >= 0.3 is 0 Å². The molecule has 4 aromatic heterocycles. The van der Waals surface area contributed by atoms with Gasteiger partial charge in [0.2, 0.25) is 11.5 Å². The van der Waals surface area contributed by atoms with Gasteiger partial charge in [-0.25, -0.2) is 25.5 Å². The van der Waals surface area contributed by atoms with Crippen LogP contribution in [0, 0.1) is 41.7 Å². The summed E-state index contributed by atoms with van der Waals surface area (Å²) in [5, 5.41) is 19.9. The van der Waals surface area contributed by atoms with Crippen LogP contribution < -0.4 is 0 Å². The van der Waals surface area contributed by atoms with Gasteiger partial charge in [-0.05, 0) is 99.1 Å². The minimum absolute atomic E-state index is 0. The number of hydrogen-bond acceptors (Lipinski definition) is 7. The normalized spacial score (nSPS) is 23.9. The largest absolute Gasteiger partial charge is 0.361 e. The Hall–Kier alpha value is -9.78. The van der Waals surface area contributed by atoms with E-state index in [1.807, 2.05) is 107 Å². The van der Waals surface area contributed by atoms with Crippen molar-refractivity contribution in [3.05, 3.63) is 268 Å². The van der Waals surface area contributed by atoms with E-state index in [-0.39, 0.29) is 52.8 Å². The Bertz CT molecular complexity index is 4630. The van der Waals surface area contributed by atoms with Crippen LogP contribution in [-0.4, -0.2) is 52.1 Å². The molecule has 10 aromatic rings. The summed E-state index contributed by atoms with van der Waals surface area (Å²) in [7, 11) is 1.25. The second-order valence-electron chi connectivity index (χ2n) is 29.0. The smallest absolute Gasteiger partial charge is 0.282 e. The Morgan fingerprint density at radius 2 is 0.866 bits per heavy atom. The van der Waals surface area contributed by atoms with Crippen molar-refractivity contribution in [2.75, 3.05) is 0 Å². The van der Waals surface area contributed by atoms with Crippen molar-refractivity contribution in [2.45, 2.75) is 170 Å². The number of fused-ring (bicyclic) bond motifs is 10. The van der Waals surface area contributed by atoms with Gasteiger partial charge in [0.05, 0.1) is 64.0 Å². The molecule has 1 saturated carbocycles. The van der Waals surface area contributed by atoms with Crippen LogP contribution in [0.3, 0.4) is 0 Å². The average Bonchev–Trinajstić information content (AvgIpc) is 1.44. The SMILES string of the molecule is C.CC.CC1(C)c2oncc2C[C@]2(C)c3nn(-c4ccccc4)c(-c4ccccc4)c3CC[C@@H]12.[3H]C.[C-]#[N+]C1=C[C@]2(C)c3nn(-c4ccccc4)c(-c4ccccc4)c3CC[C@H]2C(C)(C)C1=O.[C-]#[N+]C1C[C@]2(C)c3nn(-c4ccccc4)c(-c4ccccc4)c3CC[C@H]2C(C)(C)C1=O. The zero-order valence-corrected chi connectivity index (χ0v) is 57.7. The number of rotatable bonds is 6. The summed E-state index contributed by atoms with van der Waals surface area (Å²) >= 11 is 0. The molecule has 0 amide bonds. The zero-order valence-electron chi connectivity index (χ0n) is 58.7. The second kappa shape index (κ2) is 26.3. The van der Waals surface area contributed by atoms with E-state index < -0.39 is 22.3 Å². The van der Waals surface area contributed by atoms with Crippen LogP contribution in [-0.2, 0) is 56.9 Å². The number of hydrogen-bond donors (Lipinski definition) is 0. The molecule has 16 rings (SSSR count). The molecule has 12 nitrogen and oxygen atoms in total. The van der Waals surface area contributed by atoms with E-state index >= 15 is 0 Å². The van der Waals surface area contributed by atoms with Crippen molar-refractivity contribution in [1.29, 1.82) is 0 Å². The summed E-state index contributed by atoms with van der Waals surface area (Å²) in [6, 6.07) is 61.9. The zero-order chi connectivity index (χ0) is 68.8. The summed E-state index contributed by atoms with van der Waals surface area (Å²) < 4.78 is 17.8. The van der Waals surface area contributed by atoms with E-state index in [1.54, 1.807) is 0 Å². The molecule has 0 saturated heterocycles. The second-order valence-corrected chi connectivity index (χ2v) is 29.0. The van der Waals surface area contributed by atoms with Gasteiger partial charge in [-0.2, -0.15) is 15.3 Å². The highest BCUT2D eigenvalue weighted by Gasteiger charge is 2.62. The number of allylic oxidation sites excluding steroid dienone is 2. The minimum atomic E-state index is -0.593. The molecular formula is C85H93N9O3. The maximum Gasteiger partial charge on any atom is 0.282 e. The molecule has 0 spiro atoms. The third-order valence-corrected chi connectivity index (χ3v) is 22.5. The van der Waals surface area contributed by atoms with Gasteiger partial charge in [-0.15, -0.1) is 0 Å². The third kappa shape index (κ3) is 11.1. The van der Waals surface area contributed by atoms with Crippen molar-refractivity contribution in [3.63, 3.8) is 0 Å². The van der Waals surface area contributed by atoms with Gasteiger partial charge in [-0.1, -0.05) is 248 Å². The third-order valence-electron chi connectivity index (χ3n) is 22.5. The molecule has 6 aliphatic carbocycles. The lowest BCUT2D eigenvalue weighted by atomic mass is 9.50. The first-order chi connectivity index (χ1) is 46.7. The number of Topliss-reactive ketones (excluding diaryl/α,β-unsaturated/α-hetero) is 2. The molecular weight excluding hydrogens is 1190 g/mol. The number of nitrogens with zero attached hydrogens (tertiary/aromatic N) is 9. The standard InChI is InChI=1S/2C27H27N3O.C27H25N3O.C2H6.2CH4/c1-26(2)22-15-14-21-23(18-10-6-4-7-11-18)30(20-12-8-5-9-13-20)29-24(21)27(22,3)16-19-17-28-31-25(19)26;2*1-26(2)22-16-15-20-23(18-11-7-5-8-12-18)30(19-13-9-6-10-14-19)29-24(20)27(22,3)17-21(28-4)25(26)31;1-2;;/h4-13,17,22H,14-16H2,1-3H3;5-14,21-22H,15-17H2,1-3H3;5-14,17,22H,15-16H2,1-3H3;1-2H3;2*1H4/t22-,27-;21?,22-,27-;22-,27-;;;/m000.../s1/i;;;;1T;. The van der Waals surface area contributed by atoms with Crippen LogP contribution in [0.4, 0.5) is 0 Å². The van der Waals surface area contributed by atoms with Crippen molar-refractivity contribution < 1.29 is 15.5 Å². The molecule has 496 valence electrons. The molecule has 4 heterocycles. The van der Waals surface area contributed by atoms with Gasteiger partial charge in [0.1, 0.15) is 5.76 Å². The topological polar surface area (TPSA) is 122 Å². The van der Waals surface area contributed by atoms with Crippen LogP contribution in [0.2, 0.25) is 0 Å². The summed E-state index contributed by atoms with van der Waals surface area (Å²) in [6.07, 6.45) is 11.0. The maximum absolute atomic E-state index is 13.1. The van der Waals surface area contributed by atoms with Gasteiger partial charge in [0, 0.05) is 79.2 Å². The van der Waals surface area contributed by atoms with Gasteiger partial charge in [0.25, 0.3) is 6.04 Å². The molecule has 0 N–H and O–H groups in total. The molecule has 6 aromatic carbocycles. The number of carbonyl (C=O) groups is 2. The maximum atomic E-state index is 13.1. The van der Waals surface area contributed by atoms with E-state index in [9.17, 15) is 9.59 Å². The monoisotopic (exact) mass is 1290 g/mol. The highest BCUT2D eigenvalue weighted by atomic mass is 16.5. The number of ketones is 2. The quantitative estimate of drug-likeness (QED) is 0.152. The first kappa shape index (κ1) is 67.2. The predicted octanol–water partition coefficient (Wildman–Crippen LogP) is 19.6. The lowest BCUT2D eigenvalue weighted by Crippen LogP contribution is -2.56. The number of benzene rings is 6. The molecule has 12 heteroatoms. The van der Waals surface area contributed by atoms with Gasteiger partial charge in [-0.3, -0.25) is 4.79 Å². The summed E-state index contributed by atoms with van der Waals surface area (Å²) in [5.41, 5.74) is 16.8. The van der Waals surface area contributed by atoms with Crippen LogP contribution in [0.5, 0.6) is 0 Å². The van der Waals surface area contributed by atoms with Crippen LogP contribution >= 0.6 is 0 Å². The lowest BCUT2D eigenvalue weighted by Gasteiger charge is -2.51. The van der Waals surface area contributed by atoms with Gasteiger partial charge < -0.3 is 14.2 Å². The van der Waals surface area contributed by atoms with Crippen LogP contribution in [0.15, 0.2) is 204 Å². The van der Waals surface area contributed by atoms with Crippen molar-refractivity contribution in [1.82, 2.24) is 34.5 Å². The first-order valence-corrected chi connectivity index (χ1v) is 33.9.